The van der Waals surface area contributed by atoms with Crippen molar-refractivity contribution >= 4 is 16.8 Å². The number of carbonyl (C=O) groups is 1. The SMILES string of the molecule is Cc1cc(C)c2cc(C(=O)NCC(c3ccco3)N(C)C)[nH]c2c1. The molecule has 0 fully saturated rings. The molecule has 0 saturated carbocycles. The Hall–Kier alpha value is -2.53. The van der Waals surface area contributed by atoms with Gasteiger partial charge in [-0.25, -0.2) is 0 Å². The summed E-state index contributed by atoms with van der Waals surface area (Å²) in [7, 11) is 3.93. The second-order valence-corrected chi connectivity index (χ2v) is 6.43. The van der Waals surface area contributed by atoms with Crippen molar-refractivity contribution in [3.8, 4) is 0 Å². The molecule has 2 aromatic heterocycles. The molecular weight excluding hydrogens is 302 g/mol. The van der Waals surface area contributed by atoms with Gasteiger partial charge >= 0.3 is 0 Å². The van der Waals surface area contributed by atoms with Crippen LogP contribution in [-0.4, -0.2) is 36.4 Å². The van der Waals surface area contributed by atoms with Crippen molar-refractivity contribution < 1.29 is 9.21 Å². The normalized spacial score (nSPS) is 12.7. The number of likely N-dealkylation sites (N-methyl/N-ethyl adjacent to an activating group) is 1. The Morgan fingerprint density at radius 1 is 1.29 bits per heavy atom. The fourth-order valence-corrected chi connectivity index (χ4v) is 3.02. The monoisotopic (exact) mass is 325 g/mol. The molecule has 1 amide bonds. The van der Waals surface area contributed by atoms with Crippen LogP contribution >= 0.6 is 0 Å². The Bertz CT molecular complexity index is 847. The van der Waals surface area contributed by atoms with Gasteiger partial charge in [-0.2, -0.15) is 0 Å². The Kier molecular flexibility index (Phi) is 4.44. The molecule has 0 saturated heterocycles. The van der Waals surface area contributed by atoms with E-state index in [0.717, 1.165) is 16.7 Å². The highest BCUT2D eigenvalue weighted by Gasteiger charge is 2.19. The third kappa shape index (κ3) is 3.21. The summed E-state index contributed by atoms with van der Waals surface area (Å²) in [6.07, 6.45) is 1.65. The first-order valence-corrected chi connectivity index (χ1v) is 8.03. The van der Waals surface area contributed by atoms with E-state index >= 15 is 0 Å². The summed E-state index contributed by atoms with van der Waals surface area (Å²) in [5.74, 6) is 0.727. The smallest absolute Gasteiger partial charge is 0.267 e. The van der Waals surface area contributed by atoms with Crippen LogP contribution in [0, 0.1) is 13.8 Å². The number of aromatic amines is 1. The number of furan rings is 1. The Balaban J connectivity index is 1.76. The second kappa shape index (κ2) is 6.53. The number of nitrogens with zero attached hydrogens (tertiary/aromatic N) is 1. The van der Waals surface area contributed by atoms with Gasteiger partial charge in [0, 0.05) is 17.4 Å². The first-order chi connectivity index (χ1) is 11.5. The topological polar surface area (TPSA) is 61.3 Å². The van der Waals surface area contributed by atoms with E-state index in [2.05, 4.69) is 36.3 Å². The van der Waals surface area contributed by atoms with Crippen molar-refractivity contribution in [2.24, 2.45) is 0 Å². The predicted molar refractivity (Wildman–Crippen MR) is 95.2 cm³/mol. The van der Waals surface area contributed by atoms with Crippen LogP contribution in [-0.2, 0) is 0 Å². The molecular formula is C19H23N3O2. The number of rotatable bonds is 5. The van der Waals surface area contributed by atoms with Gasteiger partial charge in [0.1, 0.15) is 11.5 Å². The summed E-state index contributed by atoms with van der Waals surface area (Å²) in [5, 5.41) is 4.08. The number of benzene rings is 1. The lowest BCUT2D eigenvalue weighted by atomic mass is 10.1. The average Bonchev–Trinajstić information content (AvgIpc) is 3.16. The zero-order valence-corrected chi connectivity index (χ0v) is 14.5. The molecule has 0 aliphatic heterocycles. The summed E-state index contributed by atoms with van der Waals surface area (Å²) < 4.78 is 5.47. The quantitative estimate of drug-likeness (QED) is 0.756. The number of amides is 1. The van der Waals surface area contributed by atoms with Crippen LogP contribution in [0.4, 0.5) is 0 Å². The van der Waals surface area contributed by atoms with Gasteiger partial charge in [-0.1, -0.05) is 6.07 Å². The molecule has 3 aromatic rings. The van der Waals surface area contributed by atoms with Crippen LogP contribution < -0.4 is 5.32 Å². The number of aromatic nitrogens is 1. The molecule has 0 spiro atoms. The average molecular weight is 325 g/mol. The van der Waals surface area contributed by atoms with Gasteiger partial charge in [0.15, 0.2) is 0 Å². The lowest BCUT2D eigenvalue weighted by Gasteiger charge is -2.22. The molecule has 2 N–H and O–H groups in total. The molecule has 1 aromatic carbocycles. The maximum Gasteiger partial charge on any atom is 0.267 e. The summed E-state index contributed by atoms with van der Waals surface area (Å²) >= 11 is 0. The number of aryl methyl sites for hydroxylation is 2. The Labute approximate surface area is 141 Å². The fraction of sp³-hybridized carbons (Fsp3) is 0.316. The third-order valence-electron chi connectivity index (χ3n) is 4.28. The Morgan fingerprint density at radius 3 is 2.75 bits per heavy atom. The van der Waals surface area contributed by atoms with Gasteiger partial charge < -0.3 is 14.7 Å². The summed E-state index contributed by atoms with van der Waals surface area (Å²) in [6, 6.07) is 9.87. The third-order valence-corrected chi connectivity index (χ3v) is 4.28. The molecule has 126 valence electrons. The zero-order chi connectivity index (χ0) is 17.3. The van der Waals surface area contributed by atoms with Crippen LogP contribution in [0.25, 0.3) is 10.9 Å². The zero-order valence-electron chi connectivity index (χ0n) is 14.5. The van der Waals surface area contributed by atoms with E-state index < -0.39 is 0 Å². The number of H-pyrrole nitrogens is 1. The molecule has 24 heavy (non-hydrogen) atoms. The molecule has 0 aliphatic carbocycles. The van der Waals surface area contributed by atoms with Crippen molar-refractivity contribution in [3.05, 3.63) is 59.2 Å². The summed E-state index contributed by atoms with van der Waals surface area (Å²) in [6.45, 7) is 4.59. The molecule has 0 aliphatic rings. The van der Waals surface area contributed by atoms with Gasteiger partial charge in [0.05, 0.1) is 12.3 Å². The molecule has 5 heteroatoms. The lowest BCUT2D eigenvalue weighted by molar-refractivity contribution is 0.0935. The van der Waals surface area contributed by atoms with E-state index in [4.69, 9.17) is 4.42 Å². The van der Waals surface area contributed by atoms with E-state index in [-0.39, 0.29) is 11.9 Å². The second-order valence-electron chi connectivity index (χ2n) is 6.43. The predicted octanol–water partition coefficient (Wildman–Crippen LogP) is 3.41. The highest BCUT2D eigenvalue weighted by Crippen LogP contribution is 2.22. The van der Waals surface area contributed by atoms with Gasteiger partial charge in [-0.15, -0.1) is 0 Å². The highest BCUT2D eigenvalue weighted by atomic mass is 16.3. The summed E-state index contributed by atoms with van der Waals surface area (Å²) in [5.41, 5.74) is 3.92. The summed E-state index contributed by atoms with van der Waals surface area (Å²) in [4.78, 5) is 17.8. The largest absolute Gasteiger partial charge is 0.468 e. The van der Waals surface area contributed by atoms with Crippen LogP contribution in [0.1, 0.15) is 33.4 Å². The van der Waals surface area contributed by atoms with E-state index in [0.29, 0.717) is 12.2 Å². The van der Waals surface area contributed by atoms with Gasteiger partial charge in [-0.3, -0.25) is 9.69 Å². The van der Waals surface area contributed by atoms with E-state index in [1.165, 1.54) is 11.1 Å². The maximum atomic E-state index is 12.5. The number of nitrogens with one attached hydrogen (secondary N) is 2. The number of carbonyl (C=O) groups excluding carboxylic acids is 1. The van der Waals surface area contributed by atoms with Crippen molar-refractivity contribution in [1.82, 2.24) is 15.2 Å². The molecule has 0 bridgehead atoms. The molecule has 2 heterocycles. The first kappa shape index (κ1) is 16.3. The molecule has 5 nitrogen and oxygen atoms in total. The van der Waals surface area contributed by atoms with Gasteiger partial charge in [0.25, 0.3) is 5.91 Å². The van der Waals surface area contributed by atoms with Gasteiger partial charge in [-0.05, 0) is 63.3 Å². The first-order valence-electron chi connectivity index (χ1n) is 8.03. The van der Waals surface area contributed by atoms with Gasteiger partial charge in [0.2, 0.25) is 0 Å². The molecule has 1 atom stereocenters. The van der Waals surface area contributed by atoms with Crippen LogP contribution in [0.15, 0.2) is 41.0 Å². The van der Waals surface area contributed by atoms with Crippen molar-refractivity contribution in [1.29, 1.82) is 0 Å². The fourth-order valence-electron chi connectivity index (χ4n) is 3.02. The number of hydrogen-bond donors (Lipinski definition) is 2. The molecule has 3 rings (SSSR count). The van der Waals surface area contributed by atoms with Crippen LogP contribution in [0.5, 0.6) is 0 Å². The van der Waals surface area contributed by atoms with E-state index in [1.807, 2.05) is 37.2 Å². The van der Waals surface area contributed by atoms with Crippen molar-refractivity contribution in [2.75, 3.05) is 20.6 Å². The molecule has 1 unspecified atom stereocenters. The minimum atomic E-state index is -0.110. The van der Waals surface area contributed by atoms with Crippen molar-refractivity contribution in [2.45, 2.75) is 19.9 Å². The molecule has 0 radical (unpaired) electrons. The van der Waals surface area contributed by atoms with E-state index in [1.54, 1.807) is 6.26 Å². The highest BCUT2D eigenvalue weighted by molar-refractivity contribution is 5.99. The van der Waals surface area contributed by atoms with Crippen LogP contribution in [0.3, 0.4) is 0 Å². The van der Waals surface area contributed by atoms with Crippen LogP contribution in [0.2, 0.25) is 0 Å². The lowest BCUT2D eigenvalue weighted by Crippen LogP contribution is -2.34. The van der Waals surface area contributed by atoms with E-state index in [9.17, 15) is 4.79 Å². The number of hydrogen-bond acceptors (Lipinski definition) is 3. The minimum absolute atomic E-state index is 0.00249. The Morgan fingerprint density at radius 2 is 2.08 bits per heavy atom. The number of fused-ring (bicyclic) bond motifs is 1. The van der Waals surface area contributed by atoms with Crippen molar-refractivity contribution in [3.63, 3.8) is 0 Å². The standard InChI is InChI=1S/C19H23N3O2/c1-12-8-13(2)14-10-16(21-15(14)9-12)19(23)20-11-17(22(3)4)18-6-5-7-24-18/h5-10,17,21H,11H2,1-4H3,(H,20,23). The minimum Gasteiger partial charge on any atom is -0.468 e. The maximum absolute atomic E-state index is 12.5.